The Balaban J connectivity index is 2.28. The molecule has 100 valence electrons. The highest BCUT2D eigenvalue weighted by molar-refractivity contribution is 6.31. The molecular weight excluding hydrogens is 265 g/mol. The SMILES string of the molecule is FC(F)(F)c1cc(N2CCCNCC2)ccc1Cl. The third kappa shape index (κ3) is 3.09. The minimum absolute atomic E-state index is 0.251. The van der Waals surface area contributed by atoms with Gasteiger partial charge in [0.1, 0.15) is 0 Å². The van der Waals surface area contributed by atoms with Gasteiger partial charge in [-0.05, 0) is 31.2 Å². The second-order valence-corrected chi connectivity index (χ2v) is 4.66. The van der Waals surface area contributed by atoms with Crippen molar-refractivity contribution >= 4 is 17.3 Å². The molecule has 0 amide bonds. The third-order valence-electron chi connectivity index (χ3n) is 2.96. The van der Waals surface area contributed by atoms with Crippen LogP contribution in [0.4, 0.5) is 18.9 Å². The van der Waals surface area contributed by atoms with E-state index >= 15 is 0 Å². The van der Waals surface area contributed by atoms with Gasteiger partial charge >= 0.3 is 6.18 Å². The van der Waals surface area contributed by atoms with Gasteiger partial charge in [0.2, 0.25) is 0 Å². The van der Waals surface area contributed by atoms with Gasteiger partial charge in [-0.15, -0.1) is 0 Å². The molecule has 1 aromatic rings. The molecule has 2 nitrogen and oxygen atoms in total. The smallest absolute Gasteiger partial charge is 0.370 e. The molecule has 0 saturated carbocycles. The van der Waals surface area contributed by atoms with Crippen molar-refractivity contribution < 1.29 is 13.2 Å². The van der Waals surface area contributed by atoms with Gasteiger partial charge in [0.05, 0.1) is 10.6 Å². The zero-order chi connectivity index (χ0) is 13.2. The Morgan fingerprint density at radius 2 is 1.94 bits per heavy atom. The third-order valence-corrected chi connectivity index (χ3v) is 3.29. The van der Waals surface area contributed by atoms with Crippen LogP contribution in [0.2, 0.25) is 5.02 Å². The lowest BCUT2D eigenvalue weighted by Gasteiger charge is -2.23. The van der Waals surface area contributed by atoms with Crippen LogP contribution in [0.25, 0.3) is 0 Å². The second kappa shape index (κ2) is 5.36. The van der Waals surface area contributed by atoms with E-state index in [1.165, 1.54) is 6.07 Å². The monoisotopic (exact) mass is 278 g/mol. The molecule has 1 aliphatic rings. The molecule has 1 aromatic carbocycles. The van der Waals surface area contributed by atoms with Crippen molar-refractivity contribution in [3.05, 3.63) is 28.8 Å². The number of anilines is 1. The minimum Gasteiger partial charge on any atom is -0.370 e. The van der Waals surface area contributed by atoms with E-state index in [1.54, 1.807) is 6.07 Å². The largest absolute Gasteiger partial charge is 0.417 e. The molecule has 1 saturated heterocycles. The summed E-state index contributed by atoms with van der Waals surface area (Å²) in [6, 6.07) is 4.09. The highest BCUT2D eigenvalue weighted by Gasteiger charge is 2.33. The minimum atomic E-state index is -4.41. The summed E-state index contributed by atoms with van der Waals surface area (Å²) in [7, 11) is 0. The summed E-state index contributed by atoms with van der Waals surface area (Å²) in [5, 5.41) is 2.96. The molecule has 0 bridgehead atoms. The van der Waals surface area contributed by atoms with Crippen LogP contribution in [-0.4, -0.2) is 26.2 Å². The summed E-state index contributed by atoms with van der Waals surface area (Å²) in [5.41, 5.74) is -0.186. The van der Waals surface area contributed by atoms with Crippen LogP contribution in [0.1, 0.15) is 12.0 Å². The van der Waals surface area contributed by atoms with Crippen LogP contribution in [0.5, 0.6) is 0 Å². The highest BCUT2D eigenvalue weighted by atomic mass is 35.5. The van der Waals surface area contributed by atoms with E-state index < -0.39 is 11.7 Å². The van der Waals surface area contributed by atoms with Crippen LogP contribution in [0.15, 0.2) is 18.2 Å². The summed E-state index contributed by atoms with van der Waals surface area (Å²) in [6.07, 6.45) is -3.48. The molecule has 1 N–H and O–H groups in total. The zero-order valence-corrected chi connectivity index (χ0v) is 10.5. The molecule has 0 radical (unpaired) electrons. The maximum absolute atomic E-state index is 12.8. The molecule has 0 unspecified atom stereocenters. The topological polar surface area (TPSA) is 15.3 Å². The number of alkyl halides is 3. The Kier molecular flexibility index (Phi) is 4.02. The zero-order valence-electron chi connectivity index (χ0n) is 9.73. The van der Waals surface area contributed by atoms with Crippen LogP contribution < -0.4 is 10.2 Å². The summed E-state index contributed by atoms with van der Waals surface area (Å²) in [4.78, 5) is 1.95. The fourth-order valence-electron chi connectivity index (χ4n) is 2.03. The predicted molar refractivity (Wildman–Crippen MR) is 66.2 cm³/mol. The lowest BCUT2D eigenvalue weighted by molar-refractivity contribution is -0.137. The van der Waals surface area contributed by atoms with Crippen LogP contribution >= 0.6 is 11.6 Å². The number of hydrogen-bond acceptors (Lipinski definition) is 2. The summed E-state index contributed by atoms with van der Waals surface area (Å²) in [5.74, 6) is 0. The fourth-order valence-corrected chi connectivity index (χ4v) is 2.26. The van der Waals surface area contributed by atoms with Gasteiger partial charge < -0.3 is 10.2 Å². The molecule has 1 fully saturated rings. The average molecular weight is 279 g/mol. The molecule has 2 rings (SSSR count). The van der Waals surface area contributed by atoms with E-state index in [9.17, 15) is 13.2 Å². The Morgan fingerprint density at radius 3 is 2.67 bits per heavy atom. The molecule has 6 heteroatoms. The summed E-state index contributed by atoms with van der Waals surface area (Å²) in [6.45, 7) is 3.14. The van der Waals surface area contributed by atoms with E-state index in [0.717, 1.165) is 32.1 Å². The molecule has 0 atom stereocenters. The quantitative estimate of drug-likeness (QED) is 0.849. The van der Waals surface area contributed by atoms with Gasteiger partial charge in [0, 0.05) is 25.3 Å². The summed E-state index contributed by atoms with van der Waals surface area (Å²) < 4.78 is 38.3. The normalized spacial score (nSPS) is 17.7. The lowest BCUT2D eigenvalue weighted by atomic mass is 10.1. The van der Waals surface area contributed by atoms with Crippen molar-refractivity contribution in [2.24, 2.45) is 0 Å². The van der Waals surface area contributed by atoms with Crippen molar-refractivity contribution in [2.45, 2.75) is 12.6 Å². The molecule has 0 spiro atoms. The Bertz CT molecular complexity index is 412. The van der Waals surface area contributed by atoms with Crippen molar-refractivity contribution in [1.82, 2.24) is 5.32 Å². The molecule has 1 aliphatic heterocycles. The number of halogens is 4. The lowest BCUT2D eigenvalue weighted by Crippen LogP contribution is -2.28. The predicted octanol–water partition coefficient (Wildman–Crippen LogP) is 3.16. The Morgan fingerprint density at radius 1 is 1.17 bits per heavy atom. The van der Waals surface area contributed by atoms with Gasteiger partial charge in [-0.25, -0.2) is 0 Å². The second-order valence-electron chi connectivity index (χ2n) is 4.25. The number of nitrogens with zero attached hydrogens (tertiary/aromatic N) is 1. The van der Waals surface area contributed by atoms with Crippen LogP contribution in [-0.2, 0) is 6.18 Å². The van der Waals surface area contributed by atoms with Crippen molar-refractivity contribution in [2.75, 3.05) is 31.1 Å². The Hall–Kier alpha value is -0.940. The van der Waals surface area contributed by atoms with Gasteiger partial charge in [0.15, 0.2) is 0 Å². The molecule has 0 aromatic heterocycles. The maximum Gasteiger partial charge on any atom is 0.417 e. The van der Waals surface area contributed by atoms with Crippen LogP contribution in [0, 0.1) is 0 Å². The van der Waals surface area contributed by atoms with E-state index in [2.05, 4.69) is 5.32 Å². The van der Waals surface area contributed by atoms with Crippen LogP contribution in [0.3, 0.4) is 0 Å². The van der Waals surface area contributed by atoms with Gasteiger partial charge in [-0.3, -0.25) is 0 Å². The first-order chi connectivity index (χ1) is 8.48. The molecular formula is C12H14ClF3N2. The van der Waals surface area contributed by atoms with E-state index in [4.69, 9.17) is 11.6 Å². The molecule has 0 aliphatic carbocycles. The summed E-state index contributed by atoms with van der Waals surface area (Å²) >= 11 is 5.60. The highest BCUT2D eigenvalue weighted by Crippen LogP contribution is 2.36. The van der Waals surface area contributed by atoms with Gasteiger partial charge in [-0.1, -0.05) is 11.6 Å². The maximum atomic E-state index is 12.8. The molecule has 1 heterocycles. The Labute approximate surface area is 109 Å². The number of rotatable bonds is 1. The van der Waals surface area contributed by atoms with E-state index in [-0.39, 0.29) is 5.02 Å². The fraction of sp³-hybridized carbons (Fsp3) is 0.500. The first-order valence-corrected chi connectivity index (χ1v) is 6.19. The molecule has 18 heavy (non-hydrogen) atoms. The number of benzene rings is 1. The van der Waals surface area contributed by atoms with E-state index in [1.807, 2.05) is 4.90 Å². The average Bonchev–Trinajstić information content (AvgIpc) is 2.56. The standard InChI is InChI=1S/C12H14ClF3N2/c13-11-3-2-9(8-10(11)12(14,15)16)18-6-1-4-17-5-7-18/h2-3,8,17H,1,4-7H2. The van der Waals surface area contributed by atoms with Gasteiger partial charge in [-0.2, -0.15) is 13.2 Å². The first kappa shape index (κ1) is 13.5. The first-order valence-electron chi connectivity index (χ1n) is 5.81. The van der Waals surface area contributed by atoms with Crippen molar-refractivity contribution in [3.63, 3.8) is 0 Å². The number of nitrogens with one attached hydrogen (secondary N) is 1. The van der Waals surface area contributed by atoms with Gasteiger partial charge in [0.25, 0.3) is 0 Å². The van der Waals surface area contributed by atoms with E-state index in [0.29, 0.717) is 12.2 Å². The number of hydrogen-bond donors (Lipinski definition) is 1. The van der Waals surface area contributed by atoms with Crippen molar-refractivity contribution in [1.29, 1.82) is 0 Å². The van der Waals surface area contributed by atoms with Crippen molar-refractivity contribution in [3.8, 4) is 0 Å².